The minimum Gasteiger partial charge on any atom is -0.344 e. The second-order valence-electron chi connectivity index (χ2n) is 6.11. The van der Waals surface area contributed by atoms with E-state index in [0.717, 1.165) is 17.7 Å². The maximum Gasteiger partial charge on any atom is 0.270 e. The molecule has 0 saturated carbocycles. The quantitative estimate of drug-likeness (QED) is 0.699. The first kappa shape index (κ1) is 19.2. The second-order valence-corrected chi connectivity index (χ2v) is 6.11. The van der Waals surface area contributed by atoms with Crippen LogP contribution in [0.4, 0.5) is 14.5 Å². The van der Waals surface area contributed by atoms with Gasteiger partial charge in [-0.05, 0) is 36.8 Å². The zero-order valence-corrected chi connectivity index (χ0v) is 14.9. The number of pyridine rings is 1. The van der Waals surface area contributed by atoms with Gasteiger partial charge in [0.2, 0.25) is 0 Å². The van der Waals surface area contributed by atoms with Gasteiger partial charge >= 0.3 is 0 Å². The van der Waals surface area contributed by atoms with Gasteiger partial charge in [0.1, 0.15) is 17.3 Å². The molecule has 3 rings (SSSR count). The van der Waals surface area contributed by atoms with Crippen LogP contribution in [0, 0.1) is 11.6 Å². The highest BCUT2D eigenvalue weighted by Crippen LogP contribution is 2.17. The van der Waals surface area contributed by atoms with Crippen LogP contribution in [0.25, 0.3) is 0 Å². The maximum atomic E-state index is 13.7. The zero-order chi connectivity index (χ0) is 20.1. The van der Waals surface area contributed by atoms with Gasteiger partial charge in [0, 0.05) is 17.8 Å². The van der Waals surface area contributed by atoms with Gasteiger partial charge in [-0.15, -0.1) is 0 Å². The molecule has 2 amide bonds. The van der Waals surface area contributed by atoms with Crippen LogP contribution in [0.2, 0.25) is 0 Å². The first-order valence-corrected chi connectivity index (χ1v) is 8.52. The molecule has 0 aliphatic heterocycles. The number of nitrogens with zero attached hydrogens (tertiary/aromatic N) is 1. The molecule has 1 heterocycles. The lowest BCUT2D eigenvalue weighted by atomic mass is 10.1. The fourth-order valence-electron chi connectivity index (χ4n) is 2.58. The van der Waals surface area contributed by atoms with E-state index in [2.05, 4.69) is 15.6 Å². The Kier molecular flexibility index (Phi) is 5.74. The minimum absolute atomic E-state index is 0.0509. The monoisotopic (exact) mass is 381 g/mol. The van der Waals surface area contributed by atoms with Gasteiger partial charge in [-0.25, -0.2) is 8.78 Å². The number of aromatic nitrogens is 1. The van der Waals surface area contributed by atoms with Crippen molar-refractivity contribution in [1.82, 2.24) is 10.3 Å². The van der Waals surface area contributed by atoms with E-state index < -0.39 is 23.4 Å². The van der Waals surface area contributed by atoms with Crippen molar-refractivity contribution in [3.63, 3.8) is 0 Å². The molecule has 5 nitrogen and oxygen atoms in total. The van der Waals surface area contributed by atoms with Gasteiger partial charge < -0.3 is 10.6 Å². The summed E-state index contributed by atoms with van der Waals surface area (Å²) in [6.45, 7) is 1.83. The molecule has 0 saturated heterocycles. The molecule has 0 radical (unpaired) electrons. The number of anilines is 1. The van der Waals surface area contributed by atoms with Gasteiger partial charge in [0.15, 0.2) is 0 Å². The molecule has 0 fully saturated rings. The van der Waals surface area contributed by atoms with Crippen LogP contribution >= 0.6 is 0 Å². The maximum absolute atomic E-state index is 13.7. The van der Waals surface area contributed by atoms with E-state index in [4.69, 9.17) is 0 Å². The SMILES string of the molecule is CC(NC(=O)c1cc(C(=O)Nc2ccc(F)cc2F)ccn1)c1ccccc1. The number of hydrogen-bond donors (Lipinski definition) is 2. The van der Waals surface area contributed by atoms with Gasteiger partial charge in [0.05, 0.1) is 11.7 Å². The molecule has 1 unspecified atom stereocenters. The molecule has 28 heavy (non-hydrogen) atoms. The molecule has 142 valence electrons. The molecular formula is C21H17F2N3O2. The minimum atomic E-state index is -0.892. The second kappa shape index (κ2) is 8.39. The first-order chi connectivity index (χ1) is 13.4. The molecule has 0 spiro atoms. The molecule has 0 aliphatic carbocycles. The fourth-order valence-corrected chi connectivity index (χ4v) is 2.58. The Labute approximate surface area is 160 Å². The lowest BCUT2D eigenvalue weighted by Gasteiger charge is -2.14. The van der Waals surface area contributed by atoms with E-state index in [0.29, 0.717) is 6.07 Å². The van der Waals surface area contributed by atoms with Crippen LogP contribution < -0.4 is 10.6 Å². The van der Waals surface area contributed by atoms with Gasteiger partial charge in [-0.2, -0.15) is 0 Å². The number of carbonyl (C=O) groups is 2. The van der Waals surface area contributed by atoms with Crippen LogP contribution in [-0.4, -0.2) is 16.8 Å². The summed E-state index contributed by atoms with van der Waals surface area (Å²) in [4.78, 5) is 28.8. The van der Waals surface area contributed by atoms with Crippen molar-refractivity contribution in [2.45, 2.75) is 13.0 Å². The molecule has 7 heteroatoms. The van der Waals surface area contributed by atoms with Crippen LogP contribution in [0.3, 0.4) is 0 Å². The largest absolute Gasteiger partial charge is 0.344 e. The Morgan fingerprint density at radius 1 is 0.964 bits per heavy atom. The molecule has 1 atom stereocenters. The first-order valence-electron chi connectivity index (χ1n) is 8.52. The zero-order valence-electron chi connectivity index (χ0n) is 14.9. The predicted molar refractivity (Wildman–Crippen MR) is 101 cm³/mol. The summed E-state index contributed by atoms with van der Waals surface area (Å²) in [6.07, 6.45) is 1.32. The van der Waals surface area contributed by atoms with Crippen molar-refractivity contribution in [2.24, 2.45) is 0 Å². The van der Waals surface area contributed by atoms with Gasteiger partial charge in [0.25, 0.3) is 11.8 Å². The van der Waals surface area contributed by atoms with E-state index in [1.807, 2.05) is 37.3 Å². The standard InChI is InChI=1S/C21H17F2N3O2/c1-13(14-5-3-2-4-6-14)25-21(28)19-11-15(9-10-24-19)20(27)26-18-8-7-16(22)12-17(18)23/h2-13H,1H3,(H,25,28)(H,26,27). The number of hydrogen-bond acceptors (Lipinski definition) is 3. The molecular weight excluding hydrogens is 364 g/mol. The summed E-state index contributed by atoms with van der Waals surface area (Å²) in [6, 6.07) is 14.7. The summed E-state index contributed by atoms with van der Waals surface area (Å²) in [7, 11) is 0. The Bertz CT molecular complexity index is 1010. The lowest BCUT2D eigenvalue weighted by molar-refractivity contribution is 0.0935. The molecule has 2 N–H and O–H groups in total. The average molecular weight is 381 g/mol. The summed E-state index contributed by atoms with van der Waals surface area (Å²) in [5, 5.41) is 5.16. The fraction of sp³-hybridized carbons (Fsp3) is 0.0952. The normalized spacial score (nSPS) is 11.5. The molecule has 1 aromatic heterocycles. The third-order valence-corrected chi connectivity index (χ3v) is 4.08. The van der Waals surface area contributed by atoms with Crippen molar-refractivity contribution in [1.29, 1.82) is 0 Å². The van der Waals surface area contributed by atoms with E-state index in [-0.39, 0.29) is 23.0 Å². The Hall–Kier alpha value is -3.61. The third kappa shape index (κ3) is 4.56. The number of rotatable bonds is 5. The van der Waals surface area contributed by atoms with Crippen LogP contribution in [0.1, 0.15) is 39.4 Å². The van der Waals surface area contributed by atoms with Crippen molar-refractivity contribution in [3.05, 3.63) is 95.3 Å². The van der Waals surface area contributed by atoms with E-state index >= 15 is 0 Å². The Morgan fingerprint density at radius 2 is 1.71 bits per heavy atom. The highest BCUT2D eigenvalue weighted by atomic mass is 19.1. The molecule has 2 aromatic carbocycles. The van der Waals surface area contributed by atoms with Crippen LogP contribution in [0.15, 0.2) is 66.9 Å². The topological polar surface area (TPSA) is 71.1 Å². The van der Waals surface area contributed by atoms with Crippen molar-refractivity contribution < 1.29 is 18.4 Å². The van der Waals surface area contributed by atoms with Crippen molar-refractivity contribution >= 4 is 17.5 Å². The smallest absolute Gasteiger partial charge is 0.270 e. The number of halogens is 2. The van der Waals surface area contributed by atoms with E-state index in [1.54, 1.807) is 0 Å². The number of benzene rings is 2. The van der Waals surface area contributed by atoms with E-state index in [9.17, 15) is 18.4 Å². The molecule has 0 aliphatic rings. The average Bonchev–Trinajstić information content (AvgIpc) is 2.70. The summed E-state index contributed by atoms with van der Waals surface area (Å²) in [5.41, 5.74) is 0.940. The van der Waals surface area contributed by atoms with Gasteiger partial charge in [-0.1, -0.05) is 30.3 Å². The Balaban J connectivity index is 1.72. The lowest BCUT2D eigenvalue weighted by Crippen LogP contribution is -2.27. The highest BCUT2D eigenvalue weighted by Gasteiger charge is 2.16. The van der Waals surface area contributed by atoms with Crippen molar-refractivity contribution in [3.8, 4) is 0 Å². The predicted octanol–water partition coefficient (Wildman–Crippen LogP) is 4.10. The van der Waals surface area contributed by atoms with E-state index in [1.165, 1.54) is 18.3 Å². The number of amides is 2. The van der Waals surface area contributed by atoms with Crippen LogP contribution in [-0.2, 0) is 0 Å². The molecule has 0 bridgehead atoms. The van der Waals surface area contributed by atoms with Gasteiger partial charge in [-0.3, -0.25) is 14.6 Å². The molecule has 3 aromatic rings. The summed E-state index contributed by atoms with van der Waals surface area (Å²) < 4.78 is 26.7. The number of nitrogens with one attached hydrogen (secondary N) is 2. The summed E-state index contributed by atoms with van der Waals surface area (Å²) in [5.74, 6) is -2.72. The third-order valence-electron chi connectivity index (χ3n) is 4.08. The Morgan fingerprint density at radius 3 is 2.43 bits per heavy atom. The number of carbonyl (C=O) groups excluding carboxylic acids is 2. The van der Waals surface area contributed by atoms with Crippen LogP contribution in [0.5, 0.6) is 0 Å². The highest BCUT2D eigenvalue weighted by molar-refractivity contribution is 6.05. The van der Waals surface area contributed by atoms with Crippen molar-refractivity contribution in [2.75, 3.05) is 5.32 Å². The summed E-state index contributed by atoms with van der Waals surface area (Å²) >= 11 is 0.